The lowest BCUT2D eigenvalue weighted by atomic mass is 9.97. The van der Waals surface area contributed by atoms with Gasteiger partial charge in [0, 0.05) is 36.5 Å². The first-order valence-corrected chi connectivity index (χ1v) is 10.0. The number of hydrogen-bond acceptors (Lipinski definition) is 4. The molecule has 1 fully saturated rings. The van der Waals surface area contributed by atoms with Crippen molar-refractivity contribution in [3.05, 3.63) is 71.5 Å². The number of halogens is 3. The van der Waals surface area contributed by atoms with Crippen molar-refractivity contribution >= 4 is 17.4 Å². The summed E-state index contributed by atoms with van der Waals surface area (Å²) in [5.41, 5.74) is 2.77. The minimum atomic E-state index is -1.56. The van der Waals surface area contributed by atoms with Gasteiger partial charge in [-0.25, -0.2) is 13.2 Å². The Morgan fingerprint density at radius 3 is 2.52 bits per heavy atom. The quantitative estimate of drug-likeness (QED) is 0.613. The maximum absolute atomic E-state index is 13.4. The van der Waals surface area contributed by atoms with Gasteiger partial charge in [-0.05, 0) is 38.0 Å². The number of aromatic nitrogens is 2. The van der Waals surface area contributed by atoms with Crippen molar-refractivity contribution < 1.29 is 18.0 Å². The molecule has 4 rings (SSSR count). The first-order chi connectivity index (χ1) is 14.9. The van der Waals surface area contributed by atoms with Gasteiger partial charge in [-0.1, -0.05) is 23.8 Å². The third-order valence-electron chi connectivity index (χ3n) is 5.33. The number of rotatable bonds is 4. The van der Waals surface area contributed by atoms with Crippen molar-refractivity contribution in [2.24, 2.45) is 5.92 Å². The van der Waals surface area contributed by atoms with Crippen LogP contribution in [0.5, 0.6) is 0 Å². The van der Waals surface area contributed by atoms with Gasteiger partial charge in [-0.3, -0.25) is 4.79 Å². The van der Waals surface area contributed by atoms with E-state index in [1.165, 1.54) is 0 Å². The molecule has 1 aromatic heterocycles. The monoisotopic (exact) mass is 426 g/mol. The molecule has 0 unspecified atom stereocenters. The number of anilines is 2. The van der Waals surface area contributed by atoms with Crippen LogP contribution in [0.4, 0.5) is 24.7 Å². The Balaban J connectivity index is 1.44. The van der Waals surface area contributed by atoms with Gasteiger partial charge in [0.2, 0.25) is 5.91 Å². The van der Waals surface area contributed by atoms with Crippen LogP contribution in [0.25, 0.3) is 11.3 Å². The number of aryl methyl sites for hydroxylation is 1. The normalized spacial score (nSPS) is 16.3. The van der Waals surface area contributed by atoms with E-state index < -0.39 is 23.4 Å². The van der Waals surface area contributed by atoms with E-state index in [-0.39, 0.29) is 11.6 Å². The zero-order valence-corrected chi connectivity index (χ0v) is 16.9. The lowest BCUT2D eigenvalue weighted by Crippen LogP contribution is -2.41. The number of nitrogens with zero attached hydrogens (tertiary/aromatic N) is 3. The summed E-state index contributed by atoms with van der Waals surface area (Å²) in [6, 6.07) is 13.3. The lowest BCUT2D eigenvalue weighted by Gasteiger charge is -2.32. The average molecular weight is 426 g/mol. The highest BCUT2D eigenvalue weighted by Crippen LogP contribution is 2.25. The van der Waals surface area contributed by atoms with Crippen LogP contribution in [-0.2, 0) is 4.79 Å². The first kappa shape index (κ1) is 20.8. The number of benzene rings is 2. The SMILES string of the molecule is Cc1cccc(-c2ccc(N3CCC[C@@H](C(=O)Nc4cc(F)c(F)c(F)c4)C3)nn2)c1. The highest BCUT2D eigenvalue weighted by molar-refractivity contribution is 5.93. The molecule has 1 amide bonds. The average Bonchev–Trinajstić information content (AvgIpc) is 2.77. The van der Waals surface area contributed by atoms with Crippen LogP contribution in [0.3, 0.4) is 0 Å². The summed E-state index contributed by atoms with van der Waals surface area (Å²) in [4.78, 5) is 14.6. The van der Waals surface area contributed by atoms with Crippen molar-refractivity contribution in [1.29, 1.82) is 0 Å². The Labute approximate surface area is 177 Å². The van der Waals surface area contributed by atoms with E-state index in [1.807, 2.05) is 48.2 Å². The minimum absolute atomic E-state index is 0.110. The highest BCUT2D eigenvalue weighted by Gasteiger charge is 2.27. The molecular formula is C23H21F3N4O. The van der Waals surface area contributed by atoms with E-state index in [0.29, 0.717) is 18.8 Å². The third-order valence-corrected chi connectivity index (χ3v) is 5.33. The van der Waals surface area contributed by atoms with E-state index in [4.69, 9.17) is 0 Å². The van der Waals surface area contributed by atoms with Crippen molar-refractivity contribution in [3.63, 3.8) is 0 Å². The number of carbonyl (C=O) groups excluding carboxylic acids is 1. The Morgan fingerprint density at radius 1 is 1.06 bits per heavy atom. The Hall–Kier alpha value is -3.42. The molecule has 2 aromatic carbocycles. The Bertz CT molecular complexity index is 1080. The summed E-state index contributed by atoms with van der Waals surface area (Å²) < 4.78 is 39.9. The minimum Gasteiger partial charge on any atom is -0.354 e. The molecular weight excluding hydrogens is 405 g/mol. The first-order valence-electron chi connectivity index (χ1n) is 10.0. The Morgan fingerprint density at radius 2 is 1.84 bits per heavy atom. The second-order valence-corrected chi connectivity index (χ2v) is 7.67. The van der Waals surface area contributed by atoms with Crippen molar-refractivity contribution in [2.75, 3.05) is 23.3 Å². The number of piperidine rings is 1. The highest BCUT2D eigenvalue weighted by atomic mass is 19.2. The van der Waals surface area contributed by atoms with E-state index in [0.717, 1.165) is 41.9 Å². The number of nitrogens with one attached hydrogen (secondary N) is 1. The van der Waals surface area contributed by atoms with Gasteiger partial charge in [0.25, 0.3) is 0 Å². The number of amides is 1. The molecule has 8 heteroatoms. The zero-order valence-electron chi connectivity index (χ0n) is 16.9. The summed E-state index contributed by atoms with van der Waals surface area (Å²) in [5.74, 6) is -4.36. The fraction of sp³-hybridized carbons (Fsp3) is 0.261. The molecule has 1 atom stereocenters. The summed E-state index contributed by atoms with van der Waals surface area (Å²) in [7, 11) is 0. The maximum atomic E-state index is 13.4. The second kappa shape index (κ2) is 8.75. The van der Waals surface area contributed by atoms with E-state index >= 15 is 0 Å². The molecule has 3 aromatic rings. The standard InChI is InChI=1S/C23H21F3N4O/c1-14-4-2-5-15(10-14)20-7-8-21(29-28-20)30-9-3-6-16(13-30)23(31)27-17-11-18(24)22(26)19(25)12-17/h2,4-5,7-8,10-12,16H,3,6,9,13H2,1H3,(H,27,31)/t16-/m1/s1. The van der Waals surface area contributed by atoms with Crippen molar-refractivity contribution in [3.8, 4) is 11.3 Å². The molecule has 1 N–H and O–H groups in total. The van der Waals surface area contributed by atoms with E-state index in [1.54, 1.807) is 0 Å². The van der Waals surface area contributed by atoms with Gasteiger partial charge < -0.3 is 10.2 Å². The van der Waals surface area contributed by atoms with Gasteiger partial charge in [-0.15, -0.1) is 10.2 Å². The van der Waals surface area contributed by atoms with Crippen LogP contribution in [0.15, 0.2) is 48.5 Å². The molecule has 31 heavy (non-hydrogen) atoms. The fourth-order valence-electron chi connectivity index (χ4n) is 3.72. The van der Waals surface area contributed by atoms with Crippen LogP contribution >= 0.6 is 0 Å². The Kier molecular flexibility index (Phi) is 5.88. The molecule has 160 valence electrons. The van der Waals surface area contributed by atoms with Crippen molar-refractivity contribution in [1.82, 2.24) is 10.2 Å². The molecule has 0 spiro atoms. The maximum Gasteiger partial charge on any atom is 0.229 e. The summed E-state index contributed by atoms with van der Waals surface area (Å²) >= 11 is 0. The van der Waals surface area contributed by atoms with E-state index in [2.05, 4.69) is 15.5 Å². The predicted molar refractivity (Wildman–Crippen MR) is 112 cm³/mol. The molecule has 0 bridgehead atoms. The van der Waals surface area contributed by atoms with Gasteiger partial charge in [-0.2, -0.15) is 0 Å². The lowest BCUT2D eigenvalue weighted by molar-refractivity contribution is -0.120. The molecule has 2 heterocycles. The van der Waals surface area contributed by atoms with Gasteiger partial charge in [0.15, 0.2) is 23.3 Å². The molecule has 1 aliphatic rings. The summed E-state index contributed by atoms with van der Waals surface area (Å²) in [6.07, 6.45) is 1.38. The molecule has 5 nitrogen and oxygen atoms in total. The molecule has 1 aliphatic heterocycles. The van der Waals surface area contributed by atoms with Crippen LogP contribution < -0.4 is 10.2 Å². The molecule has 0 radical (unpaired) electrons. The summed E-state index contributed by atoms with van der Waals surface area (Å²) in [5, 5.41) is 11.1. The van der Waals surface area contributed by atoms with Gasteiger partial charge in [0.05, 0.1) is 11.6 Å². The van der Waals surface area contributed by atoms with Gasteiger partial charge >= 0.3 is 0 Å². The van der Waals surface area contributed by atoms with Crippen LogP contribution in [0.2, 0.25) is 0 Å². The largest absolute Gasteiger partial charge is 0.354 e. The van der Waals surface area contributed by atoms with E-state index in [9.17, 15) is 18.0 Å². The number of carbonyl (C=O) groups is 1. The van der Waals surface area contributed by atoms with Crippen molar-refractivity contribution in [2.45, 2.75) is 19.8 Å². The summed E-state index contributed by atoms with van der Waals surface area (Å²) in [6.45, 7) is 3.14. The molecule has 1 saturated heterocycles. The fourth-order valence-corrected chi connectivity index (χ4v) is 3.72. The van der Waals surface area contributed by atoms with Gasteiger partial charge in [0.1, 0.15) is 0 Å². The molecule has 0 aliphatic carbocycles. The topological polar surface area (TPSA) is 58.1 Å². The smallest absolute Gasteiger partial charge is 0.229 e. The third kappa shape index (κ3) is 4.68. The molecule has 0 saturated carbocycles. The second-order valence-electron chi connectivity index (χ2n) is 7.67. The zero-order chi connectivity index (χ0) is 22.0. The predicted octanol–water partition coefficient (Wildman–Crippen LogP) is 4.72. The van der Waals surface area contributed by atoms with Crippen LogP contribution in [0, 0.1) is 30.3 Å². The van der Waals surface area contributed by atoms with Crippen LogP contribution in [-0.4, -0.2) is 29.2 Å². The number of hydrogen-bond donors (Lipinski definition) is 1. The van der Waals surface area contributed by atoms with Crippen LogP contribution in [0.1, 0.15) is 18.4 Å².